The Bertz CT molecular complexity index is 666. The molecule has 0 saturated heterocycles. The van der Waals surface area contributed by atoms with Gasteiger partial charge in [-0.15, -0.1) is 0 Å². The molecule has 0 unspecified atom stereocenters. The maximum atomic E-state index is 11.1. The van der Waals surface area contributed by atoms with Gasteiger partial charge in [0, 0.05) is 6.26 Å². The summed E-state index contributed by atoms with van der Waals surface area (Å²) in [7, 11) is -3.18. The van der Waals surface area contributed by atoms with Crippen LogP contribution >= 0.6 is 0 Å². The Morgan fingerprint density at radius 2 is 2.11 bits per heavy atom. The fraction of sp³-hybridized carbons (Fsp3) is 0.273. The van der Waals surface area contributed by atoms with Crippen LogP contribution in [0.2, 0.25) is 0 Å². The zero-order valence-corrected chi connectivity index (χ0v) is 11.1. The quantitative estimate of drug-likeness (QED) is 0.807. The van der Waals surface area contributed by atoms with Crippen LogP contribution in [0.4, 0.5) is 5.69 Å². The van der Waals surface area contributed by atoms with Gasteiger partial charge in [-0.1, -0.05) is 17.3 Å². The van der Waals surface area contributed by atoms with Gasteiger partial charge in [0.25, 0.3) is 5.89 Å². The Hall–Kier alpha value is -2.09. The zero-order valence-electron chi connectivity index (χ0n) is 10.2. The Morgan fingerprint density at radius 3 is 2.79 bits per heavy atom. The van der Waals surface area contributed by atoms with Gasteiger partial charge in [-0.2, -0.15) is 4.98 Å². The molecule has 0 aliphatic heterocycles. The van der Waals surface area contributed by atoms with Gasteiger partial charge in [-0.05, 0) is 12.1 Å². The van der Waals surface area contributed by atoms with E-state index in [1.54, 1.807) is 24.3 Å². The predicted octanol–water partition coefficient (Wildman–Crippen LogP) is 0.775. The van der Waals surface area contributed by atoms with Gasteiger partial charge in [0.1, 0.15) is 11.5 Å². The summed E-state index contributed by atoms with van der Waals surface area (Å²) in [6, 6.07) is 7.00. The SMILES string of the molecule is CS(=O)(=O)Cc1noc(COc2ccccc2N)n1. The molecule has 0 spiro atoms. The number of nitrogens with two attached hydrogens (primary N) is 1. The van der Waals surface area contributed by atoms with Gasteiger partial charge in [-0.25, -0.2) is 8.42 Å². The molecule has 0 saturated carbocycles. The normalized spacial score (nSPS) is 11.4. The molecule has 0 atom stereocenters. The molecule has 0 aliphatic rings. The molecule has 2 aromatic rings. The van der Waals surface area contributed by atoms with E-state index in [0.717, 1.165) is 6.26 Å². The highest BCUT2D eigenvalue weighted by Gasteiger charge is 2.12. The lowest BCUT2D eigenvalue weighted by Crippen LogP contribution is -2.03. The van der Waals surface area contributed by atoms with Crippen molar-refractivity contribution in [1.29, 1.82) is 0 Å². The number of rotatable bonds is 5. The molecular weight excluding hydrogens is 270 g/mol. The molecule has 0 amide bonds. The second-order valence-corrected chi connectivity index (χ2v) is 6.14. The van der Waals surface area contributed by atoms with Gasteiger partial charge in [0.2, 0.25) is 0 Å². The molecule has 1 aromatic heterocycles. The van der Waals surface area contributed by atoms with E-state index in [-0.39, 0.29) is 24.1 Å². The molecule has 0 fully saturated rings. The van der Waals surface area contributed by atoms with E-state index in [2.05, 4.69) is 10.1 Å². The lowest BCUT2D eigenvalue weighted by molar-refractivity contribution is 0.243. The molecule has 0 bridgehead atoms. The molecule has 0 radical (unpaired) electrons. The zero-order chi connectivity index (χ0) is 13.9. The lowest BCUT2D eigenvalue weighted by atomic mass is 10.3. The van der Waals surface area contributed by atoms with Crippen molar-refractivity contribution in [3.05, 3.63) is 36.0 Å². The Labute approximate surface area is 110 Å². The van der Waals surface area contributed by atoms with Crippen molar-refractivity contribution in [1.82, 2.24) is 10.1 Å². The molecule has 7 nitrogen and oxygen atoms in total. The molecular formula is C11H13N3O4S. The van der Waals surface area contributed by atoms with Crippen molar-refractivity contribution in [2.75, 3.05) is 12.0 Å². The smallest absolute Gasteiger partial charge is 0.264 e. The third kappa shape index (κ3) is 3.95. The van der Waals surface area contributed by atoms with Crippen molar-refractivity contribution in [2.45, 2.75) is 12.4 Å². The maximum absolute atomic E-state index is 11.1. The van der Waals surface area contributed by atoms with Crippen LogP contribution in [0.15, 0.2) is 28.8 Å². The maximum Gasteiger partial charge on any atom is 0.264 e. The van der Waals surface area contributed by atoms with Crippen molar-refractivity contribution in [3.8, 4) is 5.75 Å². The average molecular weight is 283 g/mol. The summed E-state index contributed by atoms with van der Waals surface area (Å²) in [5.74, 6) is 0.554. The van der Waals surface area contributed by atoms with Crippen LogP contribution in [-0.2, 0) is 22.2 Å². The highest BCUT2D eigenvalue weighted by Crippen LogP contribution is 2.20. The largest absolute Gasteiger partial charge is 0.482 e. The van der Waals surface area contributed by atoms with Gasteiger partial charge in [0.05, 0.1) is 5.69 Å². The van der Waals surface area contributed by atoms with E-state index >= 15 is 0 Å². The first-order valence-corrected chi connectivity index (χ1v) is 7.46. The highest BCUT2D eigenvalue weighted by atomic mass is 32.2. The number of ether oxygens (including phenoxy) is 1. The first-order chi connectivity index (χ1) is 8.94. The third-order valence-corrected chi connectivity index (χ3v) is 2.95. The second kappa shape index (κ2) is 5.27. The predicted molar refractivity (Wildman–Crippen MR) is 68.0 cm³/mol. The fourth-order valence-electron chi connectivity index (χ4n) is 1.39. The Kier molecular flexibility index (Phi) is 3.70. The first-order valence-electron chi connectivity index (χ1n) is 5.40. The van der Waals surface area contributed by atoms with Crippen LogP contribution in [0.3, 0.4) is 0 Å². The number of benzene rings is 1. The summed E-state index contributed by atoms with van der Waals surface area (Å²) >= 11 is 0. The molecule has 1 heterocycles. The molecule has 19 heavy (non-hydrogen) atoms. The number of aromatic nitrogens is 2. The fourth-order valence-corrected chi connectivity index (χ4v) is 1.98. The Balaban J connectivity index is 1.99. The number of hydrogen-bond donors (Lipinski definition) is 1. The molecule has 2 N–H and O–H groups in total. The molecule has 102 valence electrons. The lowest BCUT2D eigenvalue weighted by Gasteiger charge is -2.05. The monoisotopic (exact) mass is 283 g/mol. The number of para-hydroxylation sites is 2. The van der Waals surface area contributed by atoms with E-state index < -0.39 is 9.84 Å². The second-order valence-electron chi connectivity index (χ2n) is 4.00. The molecule has 1 aromatic carbocycles. The van der Waals surface area contributed by atoms with Crippen LogP contribution in [0.1, 0.15) is 11.7 Å². The van der Waals surface area contributed by atoms with E-state index in [4.69, 9.17) is 15.0 Å². The average Bonchev–Trinajstić information content (AvgIpc) is 2.73. The minimum atomic E-state index is -3.18. The van der Waals surface area contributed by atoms with E-state index in [1.165, 1.54) is 0 Å². The van der Waals surface area contributed by atoms with Crippen molar-refractivity contribution in [2.24, 2.45) is 0 Å². The molecule has 8 heteroatoms. The topological polar surface area (TPSA) is 108 Å². The summed E-state index contributed by atoms with van der Waals surface area (Å²) in [5.41, 5.74) is 6.20. The number of hydrogen-bond acceptors (Lipinski definition) is 7. The summed E-state index contributed by atoms with van der Waals surface area (Å²) in [6.07, 6.45) is 1.10. The van der Waals surface area contributed by atoms with E-state index in [1.807, 2.05) is 0 Å². The van der Waals surface area contributed by atoms with Gasteiger partial charge < -0.3 is 15.0 Å². The summed E-state index contributed by atoms with van der Waals surface area (Å²) < 4.78 is 32.4. The Morgan fingerprint density at radius 1 is 1.37 bits per heavy atom. The van der Waals surface area contributed by atoms with Gasteiger partial charge in [-0.3, -0.25) is 0 Å². The first kappa shape index (κ1) is 13.3. The van der Waals surface area contributed by atoms with Crippen LogP contribution in [0.5, 0.6) is 5.75 Å². The van der Waals surface area contributed by atoms with Gasteiger partial charge >= 0.3 is 0 Å². The van der Waals surface area contributed by atoms with Gasteiger partial charge in [0.15, 0.2) is 22.3 Å². The molecule has 0 aliphatic carbocycles. The van der Waals surface area contributed by atoms with E-state index in [9.17, 15) is 8.42 Å². The number of nitrogen functional groups attached to an aromatic ring is 1. The standard InChI is InChI=1S/C11H13N3O4S/c1-19(15,16)7-10-13-11(18-14-10)6-17-9-5-3-2-4-8(9)12/h2-5H,6-7,12H2,1H3. The van der Waals surface area contributed by atoms with Crippen molar-refractivity contribution < 1.29 is 17.7 Å². The summed E-state index contributed by atoms with van der Waals surface area (Å²) in [4.78, 5) is 3.92. The number of anilines is 1. The molecule has 2 rings (SSSR count). The van der Waals surface area contributed by atoms with Crippen molar-refractivity contribution >= 4 is 15.5 Å². The minimum Gasteiger partial charge on any atom is -0.482 e. The van der Waals surface area contributed by atoms with Crippen LogP contribution < -0.4 is 10.5 Å². The number of sulfone groups is 1. The minimum absolute atomic E-state index is 0.0327. The van der Waals surface area contributed by atoms with Crippen LogP contribution in [0, 0.1) is 0 Å². The third-order valence-electron chi connectivity index (χ3n) is 2.17. The number of nitrogens with zero attached hydrogens (tertiary/aromatic N) is 2. The van der Waals surface area contributed by atoms with Crippen molar-refractivity contribution in [3.63, 3.8) is 0 Å². The summed E-state index contributed by atoms with van der Waals surface area (Å²) in [5, 5.41) is 3.56. The van der Waals surface area contributed by atoms with E-state index in [0.29, 0.717) is 11.4 Å². The van der Waals surface area contributed by atoms with Crippen LogP contribution in [-0.4, -0.2) is 24.8 Å². The summed E-state index contributed by atoms with van der Waals surface area (Å²) in [6.45, 7) is 0.0327. The highest BCUT2D eigenvalue weighted by molar-refractivity contribution is 7.89. The van der Waals surface area contributed by atoms with Crippen LogP contribution in [0.25, 0.3) is 0 Å².